The molecule has 9 aliphatic rings. The minimum Gasteiger partial charge on any atom is -0.486 e. The van der Waals surface area contributed by atoms with Crippen molar-refractivity contribution in [2.75, 3.05) is 108 Å². The number of nitrogens with two attached hydrogens (primary N) is 1. The molecule has 13 rings (SSSR count). The number of nitrogens with zero attached hydrogens (tertiary/aromatic N) is 2. The molecular formula is C104H138F2N12O25. The number of Topliss-reactive ketones (excluding diaryl/α,β-unsaturated/α-hetero) is 2. The van der Waals surface area contributed by atoms with E-state index in [1.807, 2.05) is 62.4 Å². The van der Waals surface area contributed by atoms with E-state index in [1.165, 1.54) is 5.01 Å². The van der Waals surface area contributed by atoms with Crippen molar-refractivity contribution in [3.05, 3.63) is 167 Å². The van der Waals surface area contributed by atoms with E-state index in [1.54, 1.807) is 92.4 Å². The highest BCUT2D eigenvalue weighted by Crippen LogP contribution is 2.72. The van der Waals surface area contributed by atoms with Crippen LogP contribution in [0.4, 0.5) is 35.4 Å². The SMILES string of the molecule is C=C1C=C[C@@]2(C)C(=C1)[C@@H](F)C[C@H]1[C@@H]3C[C@H]4OC(CCC)O[C@@]4(C(=O)COc4ccc(NC(=O)OCc5ccc(NC(=O)[C@H](CCCNC(N)=O)CC(=O)[C@@H](NC(=O)[C@@H](CCCCNC(=O)COC6CCCCCC7=C6NNN7[C@@H]6O[C@H](CO)[C@H](O)[C@H](O)[C@H]6O)NC(=O)CCOCCOCCOCCOCCNC(=O)CCC(=O)N6Cc7ccccc7C#Cc7ccccc76)C(C)C)cc5)cc4)[C@@]3(C)C[C@H](O)[C@@]12F. The number of primary amides is 1. The lowest BCUT2D eigenvalue weighted by Crippen LogP contribution is -2.70. The third-order valence-corrected chi connectivity index (χ3v) is 28.6. The van der Waals surface area contributed by atoms with Gasteiger partial charge in [0.1, 0.15) is 68.3 Å². The van der Waals surface area contributed by atoms with E-state index in [9.17, 15) is 73.5 Å². The first-order valence-electron chi connectivity index (χ1n) is 49.8. The Morgan fingerprint density at radius 3 is 2.11 bits per heavy atom. The van der Waals surface area contributed by atoms with Gasteiger partial charge in [-0.3, -0.25) is 48.7 Å². The van der Waals surface area contributed by atoms with Gasteiger partial charge in [0.2, 0.25) is 41.2 Å². The molecule has 37 nitrogen and oxygen atoms in total. The van der Waals surface area contributed by atoms with Crippen molar-refractivity contribution in [2.45, 2.75) is 255 Å². The average Bonchev–Trinajstić information content (AvgIpc) is 1.51. The number of fused-ring (bicyclic) bond motifs is 9. The largest absolute Gasteiger partial charge is 0.486 e. The van der Waals surface area contributed by atoms with E-state index in [0.717, 1.165) is 36.0 Å². The highest BCUT2D eigenvalue weighted by molar-refractivity contribution is 5.99. The molecule has 9 amide bonds. The zero-order chi connectivity index (χ0) is 102. The summed E-state index contributed by atoms with van der Waals surface area (Å²) < 4.78 is 94.1. The maximum Gasteiger partial charge on any atom is 0.411 e. The molecule has 2 unspecified atom stereocenters. The van der Waals surface area contributed by atoms with Gasteiger partial charge in [-0.1, -0.05) is 126 Å². The number of alkyl halides is 2. The number of amides is 9. The fourth-order valence-corrected chi connectivity index (χ4v) is 21.0. The molecule has 5 fully saturated rings. The summed E-state index contributed by atoms with van der Waals surface area (Å²) in [6.45, 7) is 13.3. The van der Waals surface area contributed by atoms with E-state index in [2.05, 4.69) is 66.6 Å². The highest BCUT2D eigenvalue weighted by atomic mass is 19.1. The molecule has 39 heteroatoms. The maximum absolute atomic E-state index is 18.2. The van der Waals surface area contributed by atoms with E-state index in [0.29, 0.717) is 78.2 Å². The number of nitrogens with one attached hydrogen (secondary N) is 9. The van der Waals surface area contributed by atoms with Crippen LogP contribution < -0.4 is 63.5 Å². The second-order valence-corrected chi connectivity index (χ2v) is 38.6. The monoisotopic (exact) mass is 1990 g/mol. The Bertz CT molecular complexity index is 5270. The Labute approximate surface area is 831 Å². The van der Waals surface area contributed by atoms with Crippen LogP contribution in [0.15, 0.2) is 144 Å². The Balaban J connectivity index is 0.557. The van der Waals surface area contributed by atoms with Crippen LogP contribution in [0.1, 0.15) is 179 Å². The number of aliphatic hydroxyl groups excluding tert-OH is 5. The smallest absolute Gasteiger partial charge is 0.411 e. The molecular weight excluding hydrogens is 1860 g/mol. The lowest BCUT2D eigenvalue weighted by atomic mass is 9.44. The number of aliphatic hydroxyl groups is 5. The first-order chi connectivity index (χ1) is 68.8. The minimum atomic E-state index is -2.27. The topological polar surface area (TPSA) is 505 Å². The maximum atomic E-state index is 18.2. The van der Waals surface area contributed by atoms with Crippen molar-refractivity contribution in [3.63, 3.8) is 0 Å². The second kappa shape index (κ2) is 51.0. The van der Waals surface area contributed by atoms with E-state index < -0.39 is 180 Å². The molecule has 4 aromatic rings. The van der Waals surface area contributed by atoms with Gasteiger partial charge < -0.3 is 121 Å². The number of hydrogen-bond acceptors (Lipinski definition) is 28. The number of hydrazine groups is 2. The van der Waals surface area contributed by atoms with Gasteiger partial charge >= 0.3 is 12.1 Å². The zero-order valence-corrected chi connectivity index (χ0v) is 81.8. The first-order valence-corrected chi connectivity index (χ1v) is 49.8. The fraction of sp³-hybridized carbons (Fsp3) is 0.577. The van der Waals surface area contributed by atoms with Crippen molar-refractivity contribution >= 4 is 76.2 Å². The summed E-state index contributed by atoms with van der Waals surface area (Å²) in [5, 5.41) is 74.9. The van der Waals surface area contributed by atoms with Crippen LogP contribution in [0.25, 0.3) is 0 Å². The summed E-state index contributed by atoms with van der Waals surface area (Å²) >= 11 is 0. The summed E-state index contributed by atoms with van der Waals surface area (Å²) in [7, 11) is 0. The molecule has 19 atom stereocenters. The van der Waals surface area contributed by atoms with Gasteiger partial charge in [-0.25, -0.2) is 18.4 Å². The number of rotatable bonds is 50. The number of allylic oxidation sites excluding steroid dienone is 6. The number of ether oxygens (including phenoxy) is 10. The highest BCUT2D eigenvalue weighted by Gasteiger charge is 2.80. The molecule has 3 saturated carbocycles. The van der Waals surface area contributed by atoms with E-state index in [-0.39, 0.29) is 179 Å². The fourth-order valence-electron chi connectivity index (χ4n) is 21.0. The van der Waals surface area contributed by atoms with Gasteiger partial charge in [0.15, 0.2) is 29.6 Å². The number of benzene rings is 4. The third kappa shape index (κ3) is 26.8. The second-order valence-electron chi connectivity index (χ2n) is 38.6. The van der Waals surface area contributed by atoms with Crippen LogP contribution in [0.2, 0.25) is 0 Å². The molecule has 2 saturated heterocycles. The van der Waals surface area contributed by atoms with Crippen LogP contribution >= 0.6 is 0 Å². The molecule has 0 spiro atoms. The number of carbonyl (C=O) groups excluding carboxylic acids is 10. The summed E-state index contributed by atoms with van der Waals surface area (Å²) in [4.78, 5) is 139. The van der Waals surface area contributed by atoms with Crippen LogP contribution in [0.3, 0.4) is 0 Å². The van der Waals surface area contributed by atoms with E-state index >= 15 is 8.78 Å². The molecule has 4 heterocycles. The molecule has 0 bridgehead atoms. The third-order valence-electron chi connectivity index (χ3n) is 28.6. The van der Waals surface area contributed by atoms with Gasteiger partial charge in [0, 0.05) is 90.5 Å². The Kier molecular flexibility index (Phi) is 38.9. The number of carbonyl (C=O) groups is 10. The average molecular weight is 1990 g/mol. The van der Waals surface area contributed by atoms with Gasteiger partial charge in [0.25, 0.3) is 0 Å². The van der Waals surface area contributed by atoms with Gasteiger partial charge in [-0.2, -0.15) is 0 Å². The molecule has 4 aromatic carbocycles. The summed E-state index contributed by atoms with van der Waals surface area (Å²) in [5.74, 6) is -0.207. The van der Waals surface area contributed by atoms with E-state index in [4.69, 9.17) is 53.1 Å². The number of para-hydroxylation sites is 1. The molecule has 4 aliphatic heterocycles. The first kappa shape index (κ1) is 109. The molecule has 0 radical (unpaired) electrons. The number of hydrogen-bond donors (Lipinski definition) is 15. The normalized spacial score (nSPS) is 26.7. The molecule has 5 aliphatic carbocycles. The molecule has 143 heavy (non-hydrogen) atoms. The number of anilines is 3. The predicted molar refractivity (Wildman–Crippen MR) is 519 cm³/mol. The van der Waals surface area contributed by atoms with Crippen molar-refractivity contribution in [2.24, 2.45) is 40.2 Å². The Morgan fingerprint density at radius 2 is 1.38 bits per heavy atom. The predicted octanol–water partition coefficient (Wildman–Crippen LogP) is 7.44. The number of urea groups is 1. The molecule has 778 valence electrons. The standard InChI is InChI=1S/C104H138F2N12O25/c1-7-18-90-142-85-56-73-74-55-76(105)75-53-64(4)39-41-101(75,5)103(74,106)83(121)57-102(73,6)104(85,143-90)84(122)61-138-72-35-33-71(34-36-72)112-100(133)140-60-65-27-31-70(32-28-65)111-96(130)68(22-17-43-110-99(107)132)54-80(120)91(63(2)3)114-97(131)77(23-15-16-42-108-88(125)62-139-81-26-10-8-9-25-79-92(81)115-116-118(79)98-95(129)94(128)93(127)82(59-119)141-98)113-87(124)40-45-134-47-49-136-51-52-137-50-48-135-46-44-109-86(123)37-38-89(126)117-58-69-21-12-11-19-66(69)29-30-67-20-13-14-24-78(67)117/h11-14,19-21,24,27-28,31-36,39,41,53,63,68,73-74,76-77,81-83,85,90-91,93-95,98,115-116,119,121,127-129H,4,7-10,15-18,22-23,25-26,37-38,40,42-52,54-62H2,1-3,5-6H3,(H,108,125)(H,109,123)(H,111,130)(H,112,133)(H,113,124)(H,114,131)(H3,107,110,132)/t68-,73+,74+,76+,77-,81?,82-,83+,85-,90?,91+,93+,94+,95-,98-,101+,102+,103+,104-/m1/s1. The lowest BCUT2D eigenvalue weighted by molar-refractivity contribution is -0.266. The van der Waals surface area contributed by atoms with Crippen LogP contribution in [-0.2, 0) is 94.1 Å². The van der Waals surface area contributed by atoms with Gasteiger partial charge in [-0.05, 0) is 173 Å². The van der Waals surface area contributed by atoms with Crippen LogP contribution in [0.5, 0.6) is 5.75 Å². The van der Waals surface area contributed by atoms with Crippen molar-refractivity contribution in [1.82, 2.24) is 42.6 Å². The van der Waals surface area contributed by atoms with Gasteiger partial charge in [-0.15, -0.1) is 5.53 Å². The molecule has 0 aromatic heterocycles. The number of ketones is 2. The Hall–Kier alpha value is -11.2. The molecule has 16 N–H and O–H groups in total. The zero-order valence-electron chi connectivity index (χ0n) is 81.8. The summed E-state index contributed by atoms with van der Waals surface area (Å²) in [5.41, 5.74) is 11.2. The van der Waals surface area contributed by atoms with Crippen molar-refractivity contribution in [1.29, 1.82) is 0 Å². The quantitative estimate of drug-likeness (QED) is 0.0151. The van der Waals surface area contributed by atoms with Crippen LogP contribution in [-0.4, -0.2) is 267 Å². The number of unbranched alkanes of at least 4 members (excludes halogenated alkanes) is 1. The van der Waals surface area contributed by atoms with Crippen molar-refractivity contribution in [3.8, 4) is 17.6 Å². The lowest BCUT2D eigenvalue weighted by Gasteiger charge is -2.63. The minimum absolute atomic E-state index is 0.00360. The summed E-state index contributed by atoms with van der Waals surface area (Å²) in [6.07, 6.45) is -3.56. The summed E-state index contributed by atoms with van der Waals surface area (Å²) in [6, 6.07) is 24.5. The van der Waals surface area contributed by atoms with Gasteiger partial charge in [0.05, 0.1) is 101 Å². The Morgan fingerprint density at radius 1 is 0.699 bits per heavy atom. The van der Waals surface area contributed by atoms with Crippen molar-refractivity contribution < 1.29 is 130 Å². The number of halogens is 2. The van der Waals surface area contributed by atoms with Crippen LogP contribution in [0, 0.1) is 46.3 Å².